The summed E-state index contributed by atoms with van der Waals surface area (Å²) in [5.74, 6) is 0.513. The van der Waals surface area contributed by atoms with Crippen LogP contribution < -0.4 is 5.32 Å². The maximum atomic E-state index is 13.3. The van der Waals surface area contributed by atoms with Crippen molar-refractivity contribution in [2.75, 3.05) is 5.32 Å². The van der Waals surface area contributed by atoms with Crippen molar-refractivity contribution in [3.63, 3.8) is 0 Å². The molecule has 0 aliphatic carbocycles. The second-order valence-electron chi connectivity index (χ2n) is 8.22. The van der Waals surface area contributed by atoms with E-state index in [1.54, 1.807) is 24.4 Å². The molecular formula is C25H25FN4O. The summed E-state index contributed by atoms with van der Waals surface area (Å²) in [7, 11) is 0. The van der Waals surface area contributed by atoms with Crippen LogP contribution >= 0.6 is 0 Å². The molecule has 0 fully saturated rings. The zero-order valence-electron chi connectivity index (χ0n) is 18.0. The molecule has 2 N–H and O–H groups in total. The number of imidazole rings is 1. The predicted molar refractivity (Wildman–Crippen MR) is 122 cm³/mol. The van der Waals surface area contributed by atoms with E-state index in [-0.39, 0.29) is 23.6 Å². The van der Waals surface area contributed by atoms with Crippen LogP contribution in [0.4, 0.5) is 10.1 Å². The van der Waals surface area contributed by atoms with Crippen LogP contribution in [0.25, 0.3) is 22.6 Å². The number of carbonyl (C=O) groups excluding carboxylic acids is 1. The van der Waals surface area contributed by atoms with Gasteiger partial charge in [0.2, 0.25) is 0 Å². The van der Waals surface area contributed by atoms with Gasteiger partial charge in [0.25, 0.3) is 5.91 Å². The third-order valence-electron chi connectivity index (χ3n) is 5.36. The molecule has 1 amide bonds. The third-order valence-corrected chi connectivity index (χ3v) is 5.36. The predicted octanol–water partition coefficient (Wildman–Crippen LogP) is 6.26. The molecule has 0 saturated heterocycles. The highest BCUT2D eigenvalue weighted by Gasteiger charge is 2.20. The second-order valence-corrected chi connectivity index (χ2v) is 8.22. The van der Waals surface area contributed by atoms with E-state index in [4.69, 9.17) is 0 Å². The number of nitrogens with one attached hydrogen (secondary N) is 2. The molecule has 2 aromatic heterocycles. The van der Waals surface area contributed by atoms with Crippen molar-refractivity contribution in [1.82, 2.24) is 15.0 Å². The Kier molecular flexibility index (Phi) is 5.55. The lowest BCUT2D eigenvalue weighted by Gasteiger charge is -2.20. The molecule has 4 aromatic rings. The summed E-state index contributed by atoms with van der Waals surface area (Å²) in [6, 6.07) is 13.8. The van der Waals surface area contributed by atoms with Crippen molar-refractivity contribution < 1.29 is 9.18 Å². The van der Waals surface area contributed by atoms with Gasteiger partial charge < -0.3 is 10.3 Å². The highest BCUT2D eigenvalue weighted by atomic mass is 19.1. The average molecular weight is 417 g/mol. The number of fused-ring (bicyclic) bond motifs is 1. The zero-order valence-corrected chi connectivity index (χ0v) is 18.0. The summed E-state index contributed by atoms with van der Waals surface area (Å²) >= 11 is 0. The van der Waals surface area contributed by atoms with Crippen LogP contribution in [0, 0.1) is 5.82 Å². The molecule has 4 rings (SSSR count). The van der Waals surface area contributed by atoms with E-state index in [1.807, 2.05) is 6.07 Å². The number of hydrogen-bond acceptors (Lipinski definition) is 3. The lowest BCUT2D eigenvalue weighted by molar-refractivity contribution is 0.102. The van der Waals surface area contributed by atoms with Crippen molar-refractivity contribution in [3.05, 3.63) is 77.2 Å². The number of carbonyl (C=O) groups is 1. The largest absolute Gasteiger partial charge is 0.323 e. The van der Waals surface area contributed by atoms with E-state index >= 15 is 0 Å². The molecular weight excluding hydrogens is 391 g/mol. The number of H-pyrrole nitrogens is 1. The second kappa shape index (κ2) is 8.30. The minimum Gasteiger partial charge on any atom is -0.323 e. The van der Waals surface area contributed by atoms with Crippen LogP contribution in [0.5, 0.6) is 0 Å². The summed E-state index contributed by atoms with van der Waals surface area (Å²) in [5.41, 5.74) is 5.19. The molecule has 0 bridgehead atoms. The molecule has 0 spiro atoms. The van der Waals surface area contributed by atoms with Crippen LogP contribution in [-0.4, -0.2) is 20.9 Å². The Bertz CT molecular complexity index is 1220. The van der Waals surface area contributed by atoms with E-state index in [0.717, 1.165) is 22.4 Å². The molecule has 0 atom stereocenters. The lowest BCUT2D eigenvalue weighted by atomic mass is 9.92. The van der Waals surface area contributed by atoms with E-state index < -0.39 is 0 Å². The molecule has 31 heavy (non-hydrogen) atoms. The van der Waals surface area contributed by atoms with E-state index in [2.05, 4.69) is 60.1 Å². The number of aromatic amines is 1. The summed E-state index contributed by atoms with van der Waals surface area (Å²) in [4.78, 5) is 25.4. The monoisotopic (exact) mass is 416 g/mol. The Morgan fingerprint density at radius 3 is 2.23 bits per heavy atom. The van der Waals surface area contributed by atoms with Crippen LogP contribution in [0.3, 0.4) is 0 Å². The minimum atomic E-state index is -0.317. The molecule has 0 radical (unpaired) electrons. The summed E-state index contributed by atoms with van der Waals surface area (Å²) < 4.78 is 13.3. The smallest absolute Gasteiger partial charge is 0.258 e. The molecule has 0 aliphatic heterocycles. The minimum absolute atomic E-state index is 0.237. The van der Waals surface area contributed by atoms with Crippen molar-refractivity contribution in [2.45, 2.75) is 39.5 Å². The molecule has 158 valence electrons. The van der Waals surface area contributed by atoms with Crippen LogP contribution in [0.1, 0.15) is 61.0 Å². The molecule has 0 saturated carbocycles. The summed E-state index contributed by atoms with van der Waals surface area (Å²) in [6.07, 6.45) is 1.58. The Morgan fingerprint density at radius 2 is 1.61 bits per heavy atom. The summed E-state index contributed by atoms with van der Waals surface area (Å²) in [5, 5.41) is 3.14. The number of aromatic nitrogens is 3. The van der Waals surface area contributed by atoms with Gasteiger partial charge in [0.05, 0.1) is 5.56 Å². The molecule has 2 aromatic carbocycles. The number of halogens is 1. The van der Waals surface area contributed by atoms with Gasteiger partial charge in [-0.05, 0) is 53.3 Å². The maximum absolute atomic E-state index is 13.3. The SMILES string of the molecule is CC(C)c1cccc(C(C)C)c1NC(=O)c1ccnc2[nH]c(-c3ccc(F)cc3)nc12. The number of rotatable bonds is 5. The topological polar surface area (TPSA) is 70.7 Å². The Balaban J connectivity index is 1.75. The van der Waals surface area contributed by atoms with Crippen LogP contribution in [0.15, 0.2) is 54.7 Å². The van der Waals surface area contributed by atoms with Gasteiger partial charge in [-0.3, -0.25) is 4.79 Å². The van der Waals surface area contributed by atoms with Gasteiger partial charge in [0.15, 0.2) is 5.65 Å². The fourth-order valence-corrected chi connectivity index (χ4v) is 3.71. The summed E-state index contributed by atoms with van der Waals surface area (Å²) in [6.45, 7) is 8.45. The quantitative estimate of drug-likeness (QED) is 0.403. The van der Waals surface area contributed by atoms with Gasteiger partial charge in [-0.1, -0.05) is 45.9 Å². The zero-order chi connectivity index (χ0) is 22.1. The number of anilines is 1. The van der Waals surface area contributed by atoms with Crippen molar-refractivity contribution in [1.29, 1.82) is 0 Å². The average Bonchev–Trinajstić information content (AvgIpc) is 3.18. The highest BCUT2D eigenvalue weighted by Crippen LogP contribution is 2.33. The maximum Gasteiger partial charge on any atom is 0.258 e. The normalized spacial score (nSPS) is 11.5. The first-order chi connectivity index (χ1) is 14.8. The van der Waals surface area contributed by atoms with Gasteiger partial charge in [0, 0.05) is 17.4 Å². The van der Waals surface area contributed by atoms with Gasteiger partial charge in [-0.2, -0.15) is 0 Å². The number of hydrogen-bond donors (Lipinski definition) is 2. The van der Waals surface area contributed by atoms with Gasteiger partial charge in [0.1, 0.15) is 17.2 Å². The fourth-order valence-electron chi connectivity index (χ4n) is 3.71. The first-order valence-corrected chi connectivity index (χ1v) is 10.4. The first kappa shape index (κ1) is 20.7. The number of pyridine rings is 1. The Hall–Kier alpha value is -3.54. The van der Waals surface area contributed by atoms with E-state index in [0.29, 0.717) is 22.6 Å². The van der Waals surface area contributed by atoms with Gasteiger partial charge in [-0.15, -0.1) is 0 Å². The first-order valence-electron chi connectivity index (χ1n) is 10.4. The Morgan fingerprint density at radius 1 is 0.968 bits per heavy atom. The standard InChI is InChI=1S/C25H25FN4O/c1-14(2)18-6-5-7-19(15(3)4)21(18)29-25(31)20-12-13-27-24-22(20)28-23(30-24)16-8-10-17(26)11-9-16/h5-15H,1-4H3,(H,29,31)(H,27,28,30). The number of amides is 1. The van der Waals surface area contributed by atoms with Crippen LogP contribution in [0.2, 0.25) is 0 Å². The molecule has 5 nitrogen and oxygen atoms in total. The molecule has 0 unspecified atom stereocenters. The molecule has 2 heterocycles. The van der Waals surface area contributed by atoms with E-state index in [1.165, 1.54) is 12.1 Å². The van der Waals surface area contributed by atoms with Crippen molar-refractivity contribution in [3.8, 4) is 11.4 Å². The number of para-hydroxylation sites is 1. The van der Waals surface area contributed by atoms with Gasteiger partial charge in [-0.25, -0.2) is 14.4 Å². The van der Waals surface area contributed by atoms with Crippen molar-refractivity contribution >= 4 is 22.8 Å². The molecule has 6 heteroatoms. The third kappa shape index (κ3) is 4.06. The van der Waals surface area contributed by atoms with Crippen molar-refractivity contribution in [2.24, 2.45) is 0 Å². The number of nitrogens with zero attached hydrogens (tertiary/aromatic N) is 2. The Labute approximate surface area is 180 Å². The van der Waals surface area contributed by atoms with Gasteiger partial charge >= 0.3 is 0 Å². The molecule has 0 aliphatic rings. The van der Waals surface area contributed by atoms with E-state index in [9.17, 15) is 9.18 Å². The van der Waals surface area contributed by atoms with Crippen LogP contribution in [-0.2, 0) is 0 Å². The fraction of sp³-hybridized carbons (Fsp3) is 0.240. The number of benzene rings is 2. The highest BCUT2D eigenvalue weighted by molar-refractivity contribution is 6.11. The lowest BCUT2D eigenvalue weighted by Crippen LogP contribution is -2.16.